The van der Waals surface area contributed by atoms with Crippen LogP contribution in [-0.4, -0.2) is 20.9 Å². The van der Waals surface area contributed by atoms with Crippen LogP contribution in [0.5, 0.6) is 0 Å². The Balaban J connectivity index is 0.000000269. The van der Waals surface area contributed by atoms with Crippen LogP contribution >= 0.6 is 11.3 Å². The van der Waals surface area contributed by atoms with Gasteiger partial charge in [-0.2, -0.15) is 0 Å². The first-order valence-electron chi connectivity index (χ1n) is 16.6. The van der Waals surface area contributed by atoms with E-state index in [1.54, 1.807) is 17.7 Å². The molecule has 0 amide bonds. The van der Waals surface area contributed by atoms with Crippen LogP contribution in [0.1, 0.15) is 79.7 Å². The van der Waals surface area contributed by atoms with Gasteiger partial charge in [-0.3, -0.25) is 9.78 Å². The first-order chi connectivity index (χ1) is 22.1. The molecule has 247 valence electrons. The number of aromatic nitrogens is 2. The molecular formula is C41H45IrN2O2S-. The molecule has 0 bridgehead atoms. The smallest absolute Gasteiger partial charge is 0.162 e. The second kappa shape index (κ2) is 15.6. The number of benzene rings is 4. The molecule has 0 saturated heterocycles. The molecule has 4 aromatic carbocycles. The van der Waals surface area contributed by atoms with Crippen LogP contribution in [0.15, 0.2) is 84.9 Å². The van der Waals surface area contributed by atoms with Crippen LogP contribution in [0.4, 0.5) is 0 Å². The van der Waals surface area contributed by atoms with E-state index in [-0.39, 0.29) is 48.9 Å². The summed E-state index contributed by atoms with van der Waals surface area (Å²) >= 11 is 1.79. The summed E-state index contributed by atoms with van der Waals surface area (Å²) in [6.45, 7) is 14.9. The van der Waals surface area contributed by atoms with E-state index >= 15 is 0 Å². The van der Waals surface area contributed by atoms with Gasteiger partial charge in [0.05, 0.1) is 11.3 Å². The van der Waals surface area contributed by atoms with Crippen molar-refractivity contribution in [2.75, 3.05) is 0 Å². The first-order valence-corrected chi connectivity index (χ1v) is 17.4. The summed E-state index contributed by atoms with van der Waals surface area (Å²) in [6, 6.07) is 27.1. The Bertz CT molecular complexity index is 2030. The molecule has 0 fully saturated rings. The number of hydrogen-bond donors (Lipinski definition) is 1. The van der Waals surface area contributed by atoms with Gasteiger partial charge in [-0.25, -0.2) is 4.98 Å². The average molecular weight is 822 g/mol. The zero-order valence-corrected chi connectivity index (χ0v) is 31.7. The Hall–Kier alpha value is -3.44. The fraction of sp³-hybridized carbons (Fsp3) is 0.341. The van der Waals surface area contributed by atoms with Crippen LogP contribution in [0, 0.1) is 17.9 Å². The Morgan fingerprint density at radius 3 is 2.13 bits per heavy atom. The van der Waals surface area contributed by atoms with Crippen molar-refractivity contribution in [1.82, 2.24) is 9.97 Å². The molecule has 6 rings (SSSR count). The molecule has 2 heterocycles. The number of thiophene rings is 1. The van der Waals surface area contributed by atoms with Crippen molar-refractivity contribution >= 4 is 59.0 Å². The van der Waals surface area contributed by atoms with Crippen LogP contribution in [-0.2, 0) is 30.3 Å². The zero-order chi connectivity index (χ0) is 33.0. The summed E-state index contributed by atoms with van der Waals surface area (Å²) in [5.74, 6) is 0.547. The maximum atomic E-state index is 11.7. The van der Waals surface area contributed by atoms with Crippen molar-refractivity contribution in [3.05, 3.63) is 96.5 Å². The third-order valence-corrected chi connectivity index (χ3v) is 10.2. The Morgan fingerprint density at radius 1 is 0.872 bits per heavy atom. The normalized spacial score (nSPS) is 12.1. The number of carbonyl (C=O) groups excluding carboxylic acids is 1. The van der Waals surface area contributed by atoms with E-state index in [1.807, 2.05) is 27.7 Å². The monoisotopic (exact) mass is 822 g/mol. The van der Waals surface area contributed by atoms with Crippen LogP contribution in [0.25, 0.3) is 53.1 Å². The van der Waals surface area contributed by atoms with E-state index in [1.165, 1.54) is 43.3 Å². The summed E-state index contributed by atoms with van der Waals surface area (Å²) in [5, 5.41) is 15.9. The van der Waals surface area contributed by atoms with E-state index in [4.69, 9.17) is 9.97 Å². The molecule has 4 nitrogen and oxygen atoms in total. The largest absolute Gasteiger partial charge is 0.512 e. The number of fused-ring (bicyclic) bond motifs is 6. The third kappa shape index (κ3) is 7.67. The summed E-state index contributed by atoms with van der Waals surface area (Å²) in [7, 11) is 0. The summed E-state index contributed by atoms with van der Waals surface area (Å²) in [4.78, 5) is 21.2. The van der Waals surface area contributed by atoms with Gasteiger partial charge in [0.2, 0.25) is 0 Å². The van der Waals surface area contributed by atoms with Crippen molar-refractivity contribution in [1.29, 1.82) is 0 Å². The van der Waals surface area contributed by atoms with Gasteiger partial charge in [0.1, 0.15) is 6.33 Å². The van der Waals surface area contributed by atoms with E-state index in [9.17, 15) is 9.90 Å². The Kier molecular flexibility index (Phi) is 12.1. The number of nitrogens with zero attached hydrogens (tertiary/aromatic N) is 2. The van der Waals surface area contributed by atoms with Crippen LogP contribution < -0.4 is 0 Å². The number of ketones is 1. The molecule has 6 heteroatoms. The van der Waals surface area contributed by atoms with E-state index in [0.717, 1.165) is 47.2 Å². The van der Waals surface area contributed by atoms with Crippen LogP contribution in [0.2, 0.25) is 0 Å². The number of carbonyl (C=O) groups is 1. The second-order valence-corrected chi connectivity index (χ2v) is 14.1. The third-order valence-electron chi connectivity index (χ3n) is 9.09. The molecule has 0 unspecified atom stereocenters. The van der Waals surface area contributed by atoms with Gasteiger partial charge < -0.3 is 5.11 Å². The molecule has 0 saturated carbocycles. The van der Waals surface area contributed by atoms with Crippen molar-refractivity contribution in [3.63, 3.8) is 0 Å². The van der Waals surface area contributed by atoms with Crippen LogP contribution in [0.3, 0.4) is 0 Å². The molecule has 0 aliphatic heterocycles. The predicted octanol–water partition coefficient (Wildman–Crippen LogP) is 11.8. The topological polar surface area (TPSA) is 63.1 Å². The van der Waals surface area contributed by atoms with Gasteiger partial charge >= 0.3 is 0 Å². The standard InChI is InChI=1S/C28H21N2S.C13H24O2.Ir/c1-28(2,3)22-15-23-24(21-11-7-6-10-20(21)22)26-27(31-23)25(29-16-30-26)19-13-12-17-8-4-5-9-18(17)14-19;1-5-10(6-2)12(14)9-13(15)11(7-3)8-4;/h4-12,14-16H,1-3H3;9-11,14H,5-8H2,1-4H3;/q-1;;/b;12-9-;. The van der Waals surface area contributed by atoms with Gasteiger partial charge in [-0.15, -0.1) is 40.5 Å². The maximum Gasteiger partial charge on any atom is 0.162 e. The minimum Gasteiger partial charge on any atom is -0.512 e. The van der Waals surface area contributed by atoms with Gasteiger partial charge in [-0.1, -0.05) is 102 Å². The molecule has 1 N–H and O–H groups in total. The molecule has 1 radical (unpaired) electrons. The van der Waals surface area contributed by atoms with E-state index in [0.29, 0.717) is 0 Å². The molecule has 0 aliphatic rings. The Labute approximate surface area is 296 Å². The van der Waals surface area contributed by atoms with E-state index < -0.39 is 0 Å². The first kappa shape index (κ1) is 36.4. The molecular weight excluding hydrogens is 777 g/mol. The van der Waals surface area contributed by atoms with Gasteiger partial charge in [0.15, 0.2) is 5.78 Å². The fourth-order valence-electron chi connectivity index (χ4n) is 6.29. The van der Waals surface area contributed by atoms with Gasteiger partial charge in [0.25, 0.3) is 0 Å². The number of aliphatic hydroxyl groups excluding tert-OH is 1. The predicted molar refractivity (Wildman–Crippen MR) is 197 cm³/mol. The minimum atomic E-state index is 0. The summed E-state index contributed by atoms with van der Waals surface area (Å²) in [5.41, 5.74) is 4.43. The number of rotatable bonds is 8. The van der Waals surface area contributed by atoms with Gasteiger partial charge in [0, 0.05) is 58.5 Å². The van der Waals surface area contributed by atoms with Crippen molar-refractivity contribution in [3.8, 4) is 11.3 Å². The molecule has 2 aromatic heterocycles. The molecule has 0 aliphatic carbocycles. The van der Waals surface area contributed by atoms with Crippen molar-refractivity contribution < 1.29 is 30.0 Å². The minimum absolute atomic E-state index is 0. The molecule has 0 spiro atoms. The van der Waals surface area contributed by atoms with Crippen molar-refractivity contribution in [2.45, 2.75) is 79.6 Å². The molecule has 47 heavy (non-hydrogen) atoms. The SMILES string of the molecule is CC(C)(C)c1cc2sc3c(-c4[c-]cc5ccccc5c4)ncnc3c2c2ccccc12.CCC(CC)C(=O)/C=C(\O)C(CC)CC.[Ir]. The summed E-state index contributed by atoms with van der Waals surface area (Å²) < 4.78 is 2.39. The second-order valence-electron chi connectivity index (χ2n) is 13.1. The average Bonchev–Trinajstić information content (AvgIpc) is 3.44. The van der Waals surface area contributed by atoms with E-state index in [2.05, 4.69) is 93.6 Å². The number of aliphatic hydroxyl groups is 1. The molecule has 6 aromatic rings. The van der Waals surface area contributed by atoms with Gasteiger partial charge in [-0.05, 0) is 53.5 Å². The number of hydrogen-bond acceptors (Lipinski definition) is 5. The quantitative estimate of drug-likeness (QED) is 0.0944. The van der Waals surface area contributed by atoms with Crippen molar-refractivity contribution in [2.24, 2.45) is 11.8 Å². The number of allylic oxidation sites excluding steroid dienone is 2. The Morgan fingerprint density at radius 2 is 1.49 bits per heavy atom. The fourth-order valence-corrected chi connectivity index (χ4v) is 7.50. The zero-order valence-electron chi connectivity index (χ0n) is 28.5. The summed E-state index contributed by atoms with van der Waals surface area (Å²) in [6.07, 6.45) is 6.60. The molecule has 0 atom stereocenters. The maximum absolute atomic E-state index is 11.7.